The number of carbonyl (C=O) groups is 6. The van der Waals surface area contributed by atoms with Gasteiger partial charge in [-0.1, -0.05) is 19.9 Å². The summed E-state index contributed by atoms with van der Waals surface area (Å²) in [6.07, 6.45) is 5.61. The Morgan fingerprint density at radius 2 is 1.64 bits per heavy atom. The summed E-state index contributed by atoms with van der Waals surface area (Å²) >= 11 is 0. The van der Waals surface area contributed by atoms with Crippen molar-refractivity contribution in [3.8, 4) is 0 Å². The number of aromatic nitrogens is 3. The number of aryl methyl sites for hydroxylation is 2. The van der Waals surface area contributed by atoms with Crippen molar-refractivity contribution in [2.75, 3.05) is 13.2 Å². The van der Waals surface area contributed by atoms with Crippen LogP contribution in [0.15, 0.2) is 36.8 Å². The standard InChI is InChI=1S/C34H52N9O11P/c1-20(2)17-24(39-34(50)27-11-8-15-43(27)22(4)45)31(47)38-25(18-28-37-13-16-42(28)14-7-10-23-9-5-6-12-36-23)32(48)40-26(19-44)33(49)41-29(30(35)46)21(3)54-55(51,52)53/h5-6,9,12-13,16,20-21,24-27,29,44H,7-8,10-11,14-15,17-19H2,1-4H3,(H2,35,46)(H,38,47)(H,39,50)(H,40,48)(H,41,49)(H2,51,52,53)/t21-,24+,25+,26+,27+,29+/m1/s1. The maximum Gasteiger partial charge on any atom is 0.469 e. The molecule has 0 aromatic carbocycles. The van der Waals surface area contributed by atoms with Gasteiger partial charge in [0, 0.05) is 50.7 Å². The Balaban J connectivity index is 1.86. The molecule has 55 heavy (non-hydrogen) atoms. The number of phosphoric ester groups is 1. The average Bonchev–Trinajstić information content (AvgIpc) is 3.78. The number of nitrogens with zero attached hydrogens (tertiary/aromatic N) is 4. The number of imidazole rings is 1. The lowest BCUT2D eigenvalue weighted by molar-refractivity contribution is -0.139. The predicted octanol–water partition coefficient (Wildman–Crippen LogP) is -1.57. The Kier molecular flexibility index (Phi) is 16.9. The molecule has 0 spiro atoms. The normalized spacial score (nSPS) is 17.1. The highest BCUT2D eigenvalue weighted by molar-refractivity contribution is 7.46. The van der Waals surface area contributed by atoms with Crippen LogP contribution in [0.5, 0.6) is 0 Å². The third-order valence-corrected chi connectivity index (χ3v) is 9.48. The minimum atomic E-state index is -5.11. The molecule has 1 aliphatic heterocycles. The van der Waals surface area contributed by atoms with E-state index >= 15 is 0 Å². The third-order valence-electron chi connectivity index (χ3n) is 8.87. The number of rotatable bonds is 21. The van der Waals surface area contributed by atoms with Gasteiger partial charge in [-0.05, 0) is 57.1 Å². The second kappa shape index (κ2) is 20.8. The Labute approximate surface area is 318 Å². The largest absolute Gasteiger partial charge is 0.469 e. The van der Waals surface area contributed by atoms with E-state index in [1.54, 1.807) is 17.0 Å². The predicted molar refractivity (Wildman–Crippen MR) is 195 cm³/mol. The Morgan fingerprint density at radius 3 is 2.24 bits per heavy atom. The molecular formula is C34H52N9O11P. The first-order chi connectivity index (χ1) is 25.9. The van der Waals surface area contributed by atoms with Crippen LogP contribution >= 0.6 is 7.82 Å². The van der Waals surface area contributed by atoms with Crippen LogP contribution in [-0.2, 0) is 57.2 Å². The number of pyridine rings is 1. The van der Waals surface area contributed by atoms with Gasteiger partial charge in [0.2, 0.25) is 35.4 Å². The van der Waals surface area contributed by atoms with Crippen molar-refractivity contribution in [2.45, 2.75) is 109 Å². The van der Waals surface area contributed by atoms with Crippen LogP contribution in [0.25, 0.3) is 0 Å². The third kappa shape index (κ3) is 14.1. The summed E-state index contributed by atoms with van der Waals surface area (Å²) in [4.78, 5) is 107. The molecule has 3 rings (SSSR count). The summed E-state index contributed by atoms with van der Waals surface area (Å²) in [6, 6.07) is -1.25. The molecule has 3 heterocycles. The van der Waals surface area contributed by atoms with Crippen molar-refractivity contribution >= 4 is 43.3 Å². The lowest BCUT2D eigenvalue weighted by Gasteiger charge is -2.28. The zero-order valence-corrected chi connectivity index (χ0v) is 32.2. The van der Waals surface area contributed by atoms with Gasteiger partial charge >= 0.3 is 7.82 Å². The van der Waals surface area contributed by atoms with Gasteiger partial charge in [-0.3, -0.25) is 38.3 Å². The smallest absolute Gasteiger partial charge is 0.394 e. The van der Waals surface area contributed by atoms with E-state index in [1.807, 2.05) is 32.0 Å². The molecule has 2 aromatic heterocycles. The molecule has 0 saturated carbocycles. The quantitative estimate of drug-likeness (QED) is 0.0664. The van der Waals surface area contributed by atoms with Gasteiger partial charge in [-0.15, -0.1) is 0 Å². The molecule has 9 N–H and O–H groups in total. The van der Waals surface area contributed by atoms with Crippen molar-refractivity contribution in [2.24, 2.45) is 11.7 Å². The van der Waals surface area contributed by atoms with Crippen molar-refractivity contribution in [1.29, 1.82) is 0 Å². The highest BCUT2D eigenvalue weighted by Gasteiger charge is 2.37. The molecule has 21 heteroatoms. The minimum absolute atomic E-state index is 0.0913. The average molecular weight is 794 g/mol. The van der Waals surface area contributed by atoms with Gasteiger partial charge in [0.05, 0.1) is 12.7 Å². The second-order valence-corrected chi connectivity index (χ2v) is 14.9. The number of hydrogen-bond acceptors (Lipinski definition) is 11. The van der Waals surface area contributed by atoms with Crippen LogP contribution in [0.4, 0.5) is 0 Å². The van der Waals surface area contributed by atoms with Crippen LogP contribution in [0, 0.1) is 5.92 Å². The van der Waals surface area contributed by atoms with Gasteiger partial charge in [0.1, 0.15) is 36.0 Å². The highest BCUT2D eigenvalue weighted by atomic mass is 31.2. The number of carbonyl (C=O) groups excluding carboxylic acids is 6. The monoisotopic (exact) mass is 793 g/mol. The van der Waals surface area contributed by atoms with Crippen LogP contribution in [0.1, 0.15) is 64.9 Å². The minimum Gasteiger partial charge on any atom is -0.394 e. The molecule has 0 radical (unpaired) electrons. The summed E-state index contributed by atoms with van der Waals surface area (Å²) in [6.45, 7) is 5.98. The van der Waals surface area contributed by atoms with Crippen molar-refractivity contribution in [3.05, 3.63) is 48.3 Å². The van der Waals surface area contributed by atoms with Gasteiger partial charge in [0.15, 0.2) is 0 Å². The van der Waals surface area contributed by atoms with Crippen molar-refractivity contribution in [3.63, 3.8) is 0 Å². The fourth-order valence-corrected chi connectivity index (χ4v) is 6.73. The molecule has 6 amide bonds. The lowest BCUT2D eigenvalue weighted by atomic mass is 10.0. The van der Waals surface area contributed by atoms with Gasteiger partial charge in [-0.25, -0.2) is 9.55 Å². The number of hydrogen-bond donors (Lipinski definition) is 8. The molecule has 0 bridgehead atoms. The summed E-state index contributed by atoms with van der Waals surface area (Å²) in [5, 5.41) is 20.0. The fourth-order valence-electron chi connectivity index (χ4n) is 6.18. The van der Waals surface area contributed by atoms with Crippen molar-refractivity contribution in [1.82, 2.24) is 40.7 Å². The SMILES string of the molecule is CC(=O)N1CCC[C@H]1C(=O)N[C@@H](CC(C)C)C(=O)N[C@@H](Cc1nccn1CCCc1ccccn1)C(=O)N[C@@H](CO)C(=O)N[C@H](C(N)=O)[C@@H](C)OP(=O)(O)O. The van der Waals surface area contributed by atoms with Crippen LogP contribution in [0.2, 0.25) is 0 Å². The molecule has 20 nitrogen and oxygen atoms in total. The Bertz CT molecular complexity index is 1690. The first kappa shape index (κ1) is 44.6. The molecule has 1 fully saturated rings. The van der Waals surface area contributed by atoms with E-state index in [0.717, 1.165) is 12.6 Å². The van der Waals surface area contributed by atoms with Crippen LogP contribution in [0.3, 0.4) is 0 Å². The first-order valence-corrected chi connectivity index (χ1v) is 19.5. The maximum absolute atomic E-state index is 13.9. The summed E-state index contributed by atoms with van der Waals surface area (Å²) in [7, 11) is -5.11. The molecular weight excluding hydrogens is 741 g/mol. The number of nitrogens with one attached hydrogen (secondary N) is 4. The van der Waals surface area contributed by atoms with Gasteiger partial charge in [-0.2, -0.15) is 0 Å². The van der Waals surface area contributed by atoms with E-state index in [2.05, 4.69) is 35.8 Å². The van der Waals surface area contributed by atoms with Gasteiger partial charge in [0.25, 0.3) is 0 Å². The lowest BCUT2D eigenvalue weighted by Crippen LogP contribution is -2.61. The Morgan fingerprint density at radius 1 is 0.964 bits per heavy atom. The number of nitrogens with two attached hydrogens (primary N) is 1. The maximum atomic E-state index is 13.9. The molecule has 0 unspecified atom stereocenters. The molecule has 0 aliphatic carbocycles. The van der Waals surface area contributed by atoms with Crippen molar-refractivity contribution < 1.29 is 52.7 Å². The molecule has 1 aliphatic rings. The number of primary amides is 1. The number of aliphatic hydroxyl groups excluding tert-OH is 1. The topological polar surface area (TPSA) is 298 Å². The molecule has 1 saturated heterocycles. The fraction of sp³-hybridized carbons (Fsp3) is 0.588. The van der Waals surface area contributed by atoms with E-state index in [9.17, 15) is 38.4 Å². The van der Waals surface area contributed by atoms with Gasteiger partial charge < -0.3 is 51.4 Å². The zero-order valence-electron chi connectivity index (χ0n) is 31.3. The summed E-state index contributed by atoms with van der Waals surface area (Å²) < 4.78 is 17.6. The highest BCUT2D eigenvalue weighted by Crippen LogP contribution is 2.38. The summed E-state index contributed by atoms with van der Waals surface area (Å²) in [5.41, 5.74) is 6.20. The molecule has 6 atom stereocenters. The van der Waals surface area contributed by atoms with E-state index in [1.165, 1.54) is 18.0 Å². The number of likely N-dealkylation sites (tertiary alicyclic amines) is 1. The first-order valence-electron chi connectivity index (χ1n) is 17.9. The van der Waals surface area contributed by atoms with E-state index in [4.69, 9.17) is 15.5 Å². The van der Waals surface area contributed by atoms with Crippen LogP contribution < -0.4 is 27.0 Å². The molecule has 2 aromatic rings. The van der Waals surface area contributed by atoms with E-state index in [-0.39, 0.29) is 24.7 Å². The molecule has 304 valence electrons. The number of phosphoric acid groups is 1. The van der Waals surface area contributed by atoms with Crippen LogP contribution in [-0.4, -0.2) is 119 Å². The second-order valence-electron chi connectivity index (χ2n) is 13.7. The summed E-state index contributed by atoms with van der Waals surface area (Å²) in [5.74, 6) is -4.56. The zero-order chi connectivity index (χ0) is 40.9. The van der Waals surface area contributed by atoms with E-state index < -0.39 is 80.3 Å². The number of aliphatic hydroxyl groups is 1. The Hall–Kier alpha value is -4.75. The number of amides is 6. The van der Waals surface area contributed by atoms with E-state index in [0.29, 0.717) is 44.6 Å².